The monoisotopic (exact) mass is 281 g/mol. The average molecular weight is 281 g/mol. The molecule has 0 N–H and O–H groups in total. The smallest absolute Gasteiger partial charge is 0.304 e. The summed E-state index contributed by atoms with van der Waals surface area (Å²) in [5.41, 5.74) is 1.80. The number of ether oxygens (including phenoxy) is 2. The van der Waals surface area contributed by atoms with E-state index in [9.17, 15) is 4.79 Å². The molecule has 0 amide bonds. The van der Waals surface area contributed by atoms with Crippen molar-refractivity contribution in [1.82, 2.24) is 0 Å². The van der Waals surface area contributed by atoms with E-state index in [-0.39, 0.29) is 5.97 Å². The van der Waals surface area contributed by atoms with Crippen molar-refractivity contribution in [2.45, 2.75) is 19.3 Å². The second kappa shape index (κ2) is 5.79. The molecule has 2 aromatic rings. The van der Waals surface area contributed by atoms with Gasteiger partial charge in [0.25, 0.3) is 0 Å². The van der Waals surface area contributed by atoms with Gasteiger partial charge in [-0.25, -0.2) is 4.99 Å². The maximum absolute atomic E-state index is 11.3. The van der Waals surface area contributed by atoms with Crippen molar-refractivity contribution in [3.63, 3.8) is 0 Å². The largest absolute Gasteiger partial charge is 0.463 e. The molecule has 2 unspecified atom stereocenters. The molecule has 21 heavy (non-hydrogen) atoms. The summed E-state index contributed by atoms with van der Waals surface area (Å²) in [7, 11) is 0. The zero-order chi connectivity index (χ0) is 14.7. The molecule has 0 fully saturated rings. The Hall–Kier alpha value is -2.62. The lowest BCUT2D eigenvalue weighted by Gasteiger charge is -2.17. The van der Waals surface area contributed by atoms with E-state index in [1.165, 1.54) is 6.92 Å². The van der Waals surface area contributed by atoms with Gasteiger partial charge >= 0.3 is 5.97 Å². The molecular weight excluding hydrogens is 266 g/mol. The minimum absolute atomic E-state index is 0.373. The molecule has 1 aliphatic rings. The number of esters is 1. The summed E-state index contributed by atoms with van der Waals surface area (Å²) in [6.07, 6.45) is -1.06. The highest BCUT2D eigenvalue weighted by Gasteiger charge is 2.35. The van der Waals surface area contributed by atoms with Crippen LogP contribution in [0.3, 0.4) is 0 Å². The fraction of sp³-hybridized carbons (Fsp3) is 0.176. The van der Waals surface area contributed by atoms with Crippen molar-refractivity contribution < 1.29 is 14.3 Å². The topological polar surface area (TPSA) is 47.9 Å². The summed E-state index contributed by atoms with van der Waals surface area (Å²) >= 11 is 0. The van der Waals surface area contributed by atoms with E-state index < -0.39 is 12.3 Å². The van der Waals surface area contributed by atoms with Gasteiger partial charge in [0, 0.05) is 12.5 Å². The van der Waals surface area contributed by atoms with Crippen LogP contribution in [0.2, 0.25) is 0 Å². The Labute approximate surface area is 123 Å². The van der Waals surface area contributed by atoms with E-state index >= 15 is 0 Å². The molecule has 0 aromatic heterocycles. The minimum atomic E-state index is -0.653. The van der Waals surface area contributed by atoms with Gasteiger partial charge in [0.05, 0.1) is 0 Å². The molecule has 0 saturated heterocycles. The third-order valence-corrected chi connectivity index (χ3v) is 3.18. The molecule has 4 nitrogen and oxygen atoms in total. The predicted octanol–water partition coefficient (Wildman–Crippen LogP) is 3.09. The fourth-order valence-electron chi connectivity index (χ4n) is 2.25. The quantitative estimate of drug-likeness (QED) is 0.812. The van der Waals surface area contributed by atoms with Gasteiger partial charge in [0.2, 0.25) is 12.1 Å². The molecule has 4 heteroatoms. The highest BCUT2D eigenvalue weighted by atomic mass is 16.6. The second-order valence-electron chi connectivity index (χ2n) is 4.75. The van der Waals surface area contributed by atoms with Crippen LogP contribution in [-0.2, 0) is 14.3 Å². The number of benzene rings is 2. The first-order valence-electron chi connectivity index (χ1n) is 6.76. The van der Waals surface area contributed by atoms with Crippen molar-refractivity contribution >= 4 is 11.9 Å². The Morgan fingerprint density at radius 3 is 2.29 bits per heavy atom. The van der Waals surface area contributed by atoms with Crippen molar-refractivity contribution in [2.24, 2.45) is 4.99 Å². The van der Waals surface area contributed by atoms with Crippen LogP contribution in [0.1, 0.15) is 24.2 Å². The first-order valence-corrected chi connectivity index (χ1v) is 6.76. The normalized spacial score (nSPS) is 20.5. The van der Waals surface area contributed by atoms with Gasteiger partial charge in [-0.2, -0.15) is 0 Å². The van der Waals surface area contributed by atoms with Gasteiger partial charge in [-0.1, -0.05) is 48.5 Å². The van der Waals surface area contributed by atoms with E-state index in [2.05, 4.69) is 4.99 Å². The van der Waals surface area contributed by atoms with Crippen molar-refractivity contribution in [1.29, 1.82) is 0 Å². The number of carbonyl (C=O) groups is 1. The lowest BCUT2D eigenvalue weighted by Crippen LogP contribution is -2.20. The molecule has 0 aliphatic carbocycles. The number of nitrogens with zero attached hydrogens (tertiary/aromatic N) is 1. The third-order valence-electron chi connectivity index (χ3n) is 3.18. The van der Waals surface area contributed by atoms with Gasteiger partial charge in [-0.05, 0) is 17.7 Å². The number of hydrogen-bond donors (Lipinski definition) is 0. The lowest BCUT2D eigenvalue weighted by atomic mass is 10.1. The third kappa shape index (κ3) is 2.94. The Bertz CT molecular complexity index is 652. The highest BCUT2D eigenvalue weighted by molar-refractivity contribution is 5.95. The standard InChI is InChI=1S/C17H15NO3/c1-12(19)20-17-15(13-8-4-2-5-9-13)21-16(18-17)14-10-6-3-7-11-14/h2-11,15,17H,1H3. The Balaban J connectivity index is 1.90. The van der Waals surface area contributed by atoms with Gasteiger partial charge in [0.15, 0.2) is 6.10 Å². The Morgan fingerprint density at radius 1 is 1.05 bits per heavy atom. The molecule has 0 spiro atoms. The number of carbonyl (C=O) groups excluding carboxylic acids is 1. The van der Waals surface area contributed by atoms with E-state index in [1.807, 2.05) is 60.7 Å². The first kappa shape index (κ1) is 13.4. The van der Waals surface area contributed by atoms with Gasteiger partial charge in [-0.15, -0.1) is 0 Å². The van der Waals surface area contributed by atoms with Crippen molar-refractivity contribution in [2.75, 3.05) is 0 Å². The summed E-state index contributed by atoms with van der Waals surface area (Å²) < 4.78 is 11.2. The van der Waals surface area contributed by atoms with E-state index in [0.717, 1.165) is 11.1 Å². The summed E-state index contributed by atoms with van der Waals surface area (Å²) in [4.78, 5) is 15.7. The SMILES string of the molecule is CC(=O)OC1N=C(c2ccccc2)OC1c1ccccc1. The Kier molecular flexibility index (Phi) is 3.69. The molecule has 2 aromatic carbocycles. The number of rotatable bonds is 3. The second-order valence-corrected chi connectivity index (χ2v) is 4.75. The van der Waals surface area contributed by atoms with Crippen molar-refractivity contribution in [3.05, 3.63) is 71.8 Å². The van der Waals surface area contributed by atoms with Gasteiger partial charge < -0.3 is 9.47 Å². The van der Waals surface area contributed by atoms with Crippen LogP contribution in [0, 0.1) is 0 Å². The highest BCUT2D eigenvalue weighted by Crippen LogP contribution is 2.31. The molecule has 3 rings (SSSR count). The zero-order valence-electron chi connectivity index (χ0n) is 11.6. The number of aliphatic imine (C=N–C) groups is 1. The van der Waals surface area contributed by atoms with Crippen molar-refractivity contribution in [3.8, 4) is 0 Å². The van der Waals surface area contributed by atoms with Crippen LogP contribution in [0.5, 0.6) is 0 Å². The average Bonchev–Trinajstić information content (AvgIpc) is 2.92. The molecule has 2 atom stereocenters. The molecular formula is C17H15NO3. The molecule has 0 bridgehead atoms. The molecule has 1 heterocycles. The van der Waals surface area contributed by atoms with Crippen LogP contribution in [0.15, 0.2) is 65.7 Å². The maximum atomic E-state index is 11.3. The number of hydrogen-bond acceptors (Lipinski definition) is 4. The molecule has 0 saturated carbocycles. The van der Waals surface area contributed by atoms with E-state index in [1.54, 1.807) is 0 Å². The van der Waals surface area contributed by atoms with Crippen LogP contribution in [-0.4, -0.2) is 18.1 Å². The minimum Gasteiger partial charge on any atom is -0.463 e. The van der Waals surface area contributed by atoms with Crippen LogP contribution in [0.4, 0.5) is 0 Å². The summed E-state index contributed by atoms with van der Waals surface area (Å²) in [5, 5.41) is 0. The molecule has 1 aliphatic heterocycles. The Morgan fingerprint density at radius 2 is 1.67 bits per heavy atom. The van der Waals surface area contributed by atoms with Gasteiger partial charge in [0.1, 0.15) is 0 Å². The molecule has 106 valence electrons. The summed E-state index contributed by atoms with van der Waals surface area (Å²) in [6, 6.07) is 19.2. The van der Waals surface area contributed by atoms with Crippen LogP contribution >= 0.6 is 0 Å². The lowest BCUT2D eigenvalue weighted by molar-refractivity contribution is -0.149. The van der Waals surface area contributed by atoms with Crippen LogP contribution < -0.4 is 0 Å². The first-order chi connectivity index (χ1) is 10.2. The summed E-state index contributed by atoms with van der Waals surface area (Å²) in [5.74, 6) is 0.123. The van der Waals surface area contributed by atoms with E-state index in [4.69, 9.17) is 9.47 Å². The van der Waals surface area contributed by atoms with Crippen LogP contribution in [0.25, 0.3) is 0 Å². The van der Waals surface area contributed by atoms with E-state index in [0.29, 0.717) is 5.90 Å². The molecule has 0 radical (unpaired) electrons. The predicted molar refractivity (Wildman–Crippen MR) is 78.8 cm³/mol. The maximum Gasteiger partial charge on any atom is 0.304 e. The summed E-state index contributed by atoms with van der Waals surface area (Å²) in [6.45, 7) is 1.37. The fourth-order valence-corrected chi connectivity index (χ4v) is 2.25. The van der Waals surface area contributed by atoms with Gasteiger partial charge in [-0.3, -0.25) is 4.79 Å². The zero-order valence-corrected chi connectivity index (χ0v) is 11.6.